The molecular weight excluding hydrogens is 706 g/mol. The minimum absolute atomic E-state index is 0.0270. The van der Waals surface area contributed by atoms with Gasteiger partial charge in [0.2, 0.25) is 5.91 Å². The van der Waals surface area contributed by atoms with Crippen LogP contribution in [0.1, 0.15) is 48.0 Å². The molecule has 286 valence electrons. The van der Waals surface area contributed by atoms with Crippen molar-refractivity contribution in [2.24, 2.45) is 5.92 Å². The predicted molar refractivity (Wildman–Crippen MR) is 202 cm³/mol. The second-order valence-electron chi connectivity index (χ2n) is 14.0. The first-order chi connectivity index (χ1) is 26.7. The number of alkyl carbamates (subject to hydrolysis) is 1. The maximum Gasteiger partial charge on any atom is 0.408 e. The van der Waals surface area contributed by atoms with Gasteiger partial charge < -0.3 is 29.5 Å². The SMILES string of the molecule is CC1C(CN2CCN(c3ccc([N+](=O)[O-])cc3)CC2)OC(c2cccc(N3C(=O)CC(NC(=O)OCc4ccccc4)C3=O)c2)OC1c1ccc(CO)cc1. The Kier molecular flexibility index (Phi) is 11.5. The minimum Gasteiger partial charge on any atom is -0.445 e. The number of ether oxygens (including phenoxy) is 3. The Morgan fingerprint density at radius 2 is 1.60 bits per heavy atom. The number of piperazine rings is 1. The fraction of sp³-hybridized carbons (Fsp3) is 0.341. The average molecular weight is 750 g/mol. The van der Waals surface area contributed by atoms with Crippen molar-refractivity contribution in [3.63, 3.8) is 0 Å². The zero-order chi connectivity index (χ0) is 38.5. The summed E-state index contributed by atoms with van der Waals surface area (Å²) in [6.45, 7) is 5.67. The summed E-state index contributed by atoms with van der Waals surface area (Å²) in [5.41, 5.74) is 4.46. The number of nitrogens with one attached hydrogen (secondary N) is 1. The van der Waals surface area contributed by atoms with Gasteiger partial charge in [-0.1, -0.05) is 73.7 Å². The molecule has 3 amide bonds. The van der Waals surface area contributed by atoms with Gasteiger partial charge in [0.25, 0.3) is 11.6 Å². The number of hydrogen-bond donors (Lipinski definition) is 2. The van der Waals surface area contributed by atoms with E-state index in [1.54, 1.807) is 30.3 Å². The molecule has 0 aliphatic carbocycles. The quantitative estimate of drug-likeness (QED) is 0.117. The number of rotatable bonds is 11. The van der Waals surface area contributed by atoms with Gasteiger partial charge in [-0.05, 0) is 41.0 Å². The summed E-state index contributed by atoms with van der Waals surface area (Å²) in [6.07, 6.45) is -2.46. The molecule has 14 heteroatoms. The molecule has 3 fully saturated rings. The number of aliphatic hydroxyl groups excluding tert-OH is 1. The lowest BCUT2D eigenvalue weighted by Crippen LogP contribution is -2.51. The molecule has 14 nitrogen and oxygen atoms in total. The third-order valence-corrected chi connectivity index (χ3v) is 10.4. The monoisotopic (exact) mass is 749 g/mol. The molecule has 0 spiro atoms. The highest BCUT2D eigenvalue weighted by atomic mass is 16.7. The van der Waals surface area contributed by atoms with Crippen LogP contribution in [0.5, 0.6) is 0 Å². The van der Waals surface area contributed by atoms with Crippen molar-refractivity contribution in [3.8, 4) is 0 Å². The first-order valence-electron chi connectivity index (χ1n) is 18.3. The Labute approximate surface area is 318 Å². The van der Waals surface area contributed by atoms with Crippen molar-refractivity contribution in [1.29, 1.82) is 0 Å². The van der Waals surface area contributed by atoms with Gasteiger partial charge in [-0.3, -0.25) is 24.6 Å². The van der Waals surface area contributed by atoms with Gasteiger partial charge in [-0.15, -0.1) is 0 Å². The van der Waals surface area contributed by atoms with E-state index in [-0.39, 0.29) is 43.4 Å². The fourth-order valence-corrected chi connectivity index (χ4v) is 7.29. The second-order valence-corrected chi connectivity index (χ2v) is 14.0. The second kappa shape index (κ2) is 16.8. The van der Waals surface area contributed by atoms with Crippen molar-refractivity contribution in [2.75, 3.05) is 42.5 Å². The molecule has 3 aliphatic rings. The topological polar surface area (TPSA) is 164 Å². The van der Waals surface area contributed by atoms with E-state index in [0.717, 1.165) is 53.5 Å². The summed E-state index contributed by atoms with van der Waals surface area (Å²) in [6, 6.07) is 29.3. The maximum absolute atomic E-state index is 13.5. The van der Waals surface area contributed by atoms with E-state index in [0.29, 0.717) is 17.8 Å². The Hall–Kier alpha value is -5.67. The summed E-state index contributed by atoms with van der Waals surface area (Å²) in [5, 5.41) is 23.3. The molecule has 3 heterocycles. The molecule has 5 atom stereocenters. The number of anilines is 2. The minimum atomic E-state index is -1.07. The van der Waals surface area contributed by atoms with Crippen molar-refractivity contribution in [1.82, 2.24) is 10.2 Å². The fourth-order valence-electron chi connectivity index (χ4n) is 7.29. The standard InChI is InChI=1S/C41H43N5O9/c1-27-36(24-43-18-20-44(21-19-43)32-14-16-33(17-15-32)46(51)52)54-40(55-38(27)30-12-10-28(25-47)11-13-30)31-8-5-9-34(22-31)45-37(48)23-35(39(45)49)42-41(50)53-26-29-6-3-2-4-7-29/h2-17,22,27,35-36,38,40,47H,18-21,23-26H2,1H3,(H,42,50). The van der Waals surface area contributed by atoms with Crippen molar-refractivity contribution >= 4 is 35.0 Å². The van der Waals surface area contributed by atoms with Gasteiger partial charge in [0.05, 0.1) is 35.8 Å². The van der Waals surface area contributed by atoms with Crippen LogP contribution in [0.2, 0.25) is 0 Å². The number of non-ortho nitro benzene ring substituents is 1. The van der Waals surface area contributed by atoms with Gasteiger partial charge in [-0.25, -0.2) is 9.69 Å². The number of aliphatic hydroxyl groups is 1. The van der Waals surface area contributed by atoms with Crippen LogP contribution in [-0.2, 0) is 37.0 Å². The van der Waals surface area contributed by atoms with Crippen LogP contribution in [-0.4, -0.2) is 77.7 Å². The first kappa shape index (κ1) is 37.6. The Balaban J connectivity index is 1.05. The van der Waals surface area contributed by atoms with E-state index in [1.165, 1.54) is 12.1 Å². The third kappa shape index (κ3) is 8.68. The summed E-state index contributed by atoms with van der Waals surface area (Å²) in [5.74, 6) is -1.09. The predicted octanol–water partition coefficient (Wildman–Crippen LogP) is 5.26. The number of nitro benzene ring substituents is 1. The van der Waals surface area contributed by atoms with Crippen LogP contribution in [0.15, 0.2) is 103 Å². The lowest BCUT2D eigenvalue weighted by atomic mass is 9.90. The molecule has 0 saturated carbocycles. The highest BCUT2D eigenvalue weighted by Crippen LogP contribution is 2.42. The Morgan fingerprint density at radius 3 is 2.29 bits per heavy atom. The lowest BCUT2D eigenvalue weighted by molar-refractivity contribution is -0.384. The zero-order valence-corrected chi connectivity index (χ0v) is 30.4. The van der Waals surface area contributed by atoms with Gasteiger partial charge in [0.1, 0.15) is 12.6 Å². The molecule has 3 aliphatic heterocycles. The van der Waals surface area contributed by atoms with Gasteiger partial charge in [0.15, 0.2) is 6.29 Å². The maximum atomic E-state index is 13.5. The van der Waals surface area contributed by atoms with E-state index >= 15 is 0 Å². The Bertz CT molecular complexity index is 1990. The number of imide groups is 1. The Morgan fingerprint density at radius 1 is 0.873 bits per heavy atom. The summed E-state index contributed by atoms with van der Waals surface area (Å²) < 4.78 is 18.6. The van der Waals surface area contributed by atoms with Gasteiger partial charge >= 0.3 is 6.09 Å². The summed E-state index contributed by atoms with van der Waals surface area (Å²) in [4.78, 5) is 55.6. The number of nitrogens with zero attached hydrogens (tertiary/aromatic N) is 4. The van der Waals surface area contributed by atoms with Gasteiger partial charge in [-0.2, -0.15) is 0 Å². The number of benzene rings is 4. The van der Waals surface area contributed by atoms with E-state index in [2.05, 4.69) is 22.0 Å². The van der Waals surface area contributed by atoms with Crippen molar-refractivity contribution < 1.29 is 38.6 Å². The van der Waals surface area contributed by atoms with Crippen molar-refractivity contribution in [3.05, 3.63) is 135 Å². The van der Waals surface area contributed by atoms with Crippen LogP contribution in [0.3, 0.4) is 0 Å². The molecule has 3 saturated heterocycles. The average Bonchev–Trinajstić information content (AvgIpc) is 3.49. The number of nitro groups is 1. The molecule has 4 aromatic rings. The normalized spacial score (nSPS) is 23.1. The molecule has 55 heavy (non-hydrogen) atoms. The van der Waals surface area contributed by atoms with Crippen LogP contribution in [0.4, 0.5) is 21.9 Å². The third-order valence-electron chi connectivity index (χ3n) is 10.4. The molecule has 4 aromatic carbocycles. The molecule has 5 unspecified atom stereocenters. The van der Waals surface area contributed by atoms with E-state index in [1.807, 2.05) is 60.7 Å². The molecule has 2 N–H and O–H groups in total. The highest BCUT2D eigenvalue weighted by molar-refractivity contribution is 6.22. The van der Waals surface area contributed by atoms with Crippen molar-refractivity contribution in [2.45, 2.75) is 51.1 Å². The molecule has 7 rings (SSSR count). The molecular formula is C41H43N5O9. The molecule has 0 aromatic heterocycles. The lowest BCUT2D eigenvalue weighted by Gasteiger charge is -2.44. The number of carbonyl (C=O) groups excluding carboxylic acids is 3. The summed E-state index contributed by atoms with van der Waals surface area (Å²) in [7, 11) is 0. The zero-order valence-electron chi connectivity index (χ0n) is 30.4. The van der Waals surface area contributed by atoms with Gasteiger partial charge in [0, 0.05) is 62.0 Å². The molecule has 0 bridgehead atoms. The van der Waals surface area contributed by atoms with Crippen LogP contribution in [0.25, 0.3) is 0 Å². The summed E-state index contributed by atoms with van der Waals surface area (Å²) >= 11 is 0. The van der Waals surface area contributed by atoms with Crippen LogP contribution >= 0.6 is 0 Å². The largest absolute Gasteiger partial charge is 0.445 e. The van der Waals surface area contributed by atoms with E-state index < -0.39 is 35.2 Å². The van der Waals surface area contributed by atoms with Crippen LogP contribution in [0, 0.1) is 16.0 Å². The number of hydrogen-bond acceptors (Lipinski definition) is 11. The number of amides is 3. The smallest absolute Gasteiger partial charge is 0.408 e. The van der Waals surface area contributed by atoms with Crippen LogP contribution < -0.4 is 15.1 Å². The first-order valence-corrected chi connectivity index (χ1v) is 18.3. The van der Waals surface area contributed by atoms with E-state index in [9.17, 15) is 29.6 Å². The number of carbonyl (C=O) groups is 3. The van der Waals surface area contributed by atoms with E-state index in [4.69, 9.17) is 14.2 Å². The highest BCUT2D eigenvalue weighted by Gasteiger charge is 2.42. The molecule has 0 radical (unpaired) electrons.